The Balaban J connectivity index is 2.01. The number of fused-ring (bicyclic) bond motifs is 1. The lowest BCUT2D eigenvalue weighted by molar-refractivity contribution is -0.127. The first-order valence-corrected chi connectivity index (χ1v) is 13.8. The molecule has 1 amide bonds. The number of benzene rings is 2. The second kappa shape index (κ2) is 11.6. The van der Waals surface area contributed by atoms with E-state index in [1.54, 1.807) is 42.9 Å². The van der Waals surface area contributed by atoms with Crippen LogP contribution in [-0.4, -0.2) is 49.8 Å². The first-order chi connectivity index (χ1) is 18.3. The molecule has 1 atom stereocenters. The minimum Gasteiger partial charge on any atom is -0.497 e. The van der Waals surface area contributed by atoms with Gasteiger partial charge in [-0.15, -0.1) is 0 Å². The summed E-state index contributed by atoms with van der Waals surface area (Å²) < 4.78 is 19.4. The molecule has 0 saturated heterocycles. The van der Waals surface area contributed by atoms with Gasteiger partial charge in [-0.1, -0.05) is 17.4 Å². The van der Waals surface area contributed by atoms with Gasteiger partial charge in [0.25, 0.3) is 11.5 Å². The van der Waals surface area contributed by atoms with Gasteiger partial charge >= 0.3 is 0 Å². The molecular weight excluding hydrogens is 570 g/mol. The first-order valence-electron chi connectivity index (χ1n) is 12.1. The summed E-state index contributed by atoms with van der Waals surface area (Å²) in [6.07, 6.45) is 1.82. The Hall–Kier alpha value is -3.37. The van der Waals surface area contributed by atoms with Crippen LogP contribution in [0.3, 0.4) is 0 Å². The van der Waals surface area contributed by atoms with Gasteiger partial charge in [0.1, 0.15) is 23.3 Å². The van der Waals surface area contributed by atoms with E-state index in [0.29, 0.717) is 56.5 Å². The van der Waals surface area contributed by atoms with E-state index in [9.17, 15) is 9.59 Å². The summed E-state index contributed by atoms with van der Waals surface area (Å²) in [4.78, 5) is 34.8. The van der Waals surface area contributed by atoms with Crippen LogP contribution in [0, 0.1) is 0 Å². The van der Waals surface area contributed by atoms with Crippen LogP contribution >= 0.6 is 27.3 Å². The largest absolute Gasteiger partial charge is 0.497 e. The average Bonchev–Trinajstić information content (AvgIpc) is 3.22. The highest BCUT2D eigenvalue weighted by molar-refractivity contribution is 9.10. The number of ether oxygens (including phenoxy) is 3. The topological polar surface area (TPSA) is 82.4 Å². The van der Waals surface area contributed by atoms with Crippen molar-refractivity contribution < 1.29 is 19.0 Å². The number of hydrogen-bond donors (Lipinski definition) is 0. The highest BCUT2D eigenvalue weighted by Gasteiger charge is 2.36. The van der Waals surface area contributed by atoms with Crippen LogP contribution in [-0.2, 0) is 4.79 Å². The van der Waals surface area contributed by atoms with Gasteiger partial charge in [-0.2, -0.15) is 0 Å². The van der Waals surface area contributed by atoms with Crippen LogP contribution in [0.4, 0.5) is 0 Å². The molecule has 8 nitrogen and oxygen atoms in total. The molecule has 2 aromatic carbocycles. The summed E-state index contributed by atoms with van der Waals surface area (Å²) in [7, 11) is 4.75. The van der Waals surface area contributed by atoms with Crippen LogP contribution < -0.4 is 29.1 Å². The lowest BCUT2D eigenvalue weighted by atomic mass is 9.93. The monoisotopic (exact) mass is 599 g/mol. The summed E-state index contributed by atoms with van der Waals surface area (Å²) in [5.41, 5.74) is 2.24. The number of nitrogens with zero attached hydrogens (tertiary/aromatic N) is 3. The minimum absolute atomic E-state index is 0.167. The maximum Gasteiger partial charge on any atom is 0.271 e. The fraction of sp³-hybridized carbons (Fsp3) is 0.321. The van der Waals surface area contributed by atoms with E-state index in [1.807, 2.05) is 51.1 Å². The maximum absolute atomic E-state index is 14.0. The molecule has 4 rings (SSSR count). The van der Waals surface area contributed by atoms with Crippen molar-refractivity contribution in [3.63, 3.8) is 0 Å². The maximum atomic E-state index is 14.0. The molecule has 0 fully saturated rings. The van der Waals surface area contributed by atoms with Gasteiger partial charge in [0.05, 0.1) is 41.6 Å². The molecule has 2 heterocycles. The van der Waals surface area contributed by atoms with Gasteiger partial charge in [-0.3, -0.25) is 14.2 Å². The van der Waals surface area contributed by atoms with Crippen molar-refractivity contribution in [2.75, 3.05) is 34.4 Å². The third-order valence-corrected chi connectivity index (χ3v) is 8.11. The average molecular weight is 601 g/mol. The molecule has 1 aromatic heterocycles. The molecule has 0 N–H and O–H groups in total. The summed E-state index contributed by atoms with van der Waals surface area (Å²) >= 11 is 4.79. The van der Waals surface area contributed by atoms with Gasteiger partial charge in [-0.05, 0) is 78.7 Å². The molecule has 0 aliphatic carbocycles. The molecule has 10 heteroatoms. The number of hydrogen-bond acceptors (Lipinski definition) is 7. The van der Waals surface area contributed by atoms with Crippen LogP contribution in [0.2, 0.25) is 0 Å². The fourth-order valence-electron chi connectivity index (χ4n) is 4.55. The number of thiazole rings is 1. The second-order valence-electron chi connectivity index (χ2n) is 8.56. The molecule has 0 bridgehead atoms. The predicted molar refractivity (Wildman–Crippen MR) is 152 cm³/mol. The van der Waals surface area contributed by atoms with Gasteiger partial charge in [-0.25, -0.2) is 4.99 Å². The van der Waals surface area contributed by atoms with Gasteiger partial charge in [0.2, 0.25) is 0 Å². The number of aromatic nitrogens is 1. The van der Waals surface area contributed by atoms with E-state index >= 15 is 0 Å². The first kappa shape index (κ1) is 27.7. The predicted octanol–water partition coefficient (Wildman–Crippen LogP) is 3.89. The van der Waals surface area contributed by atoms with Crippen LogP contribution in [0.1, 0.15) is 37.9 Å². The number of rotatable bonds is 8. The molecule has 200 valence electrons. The molecule has 0 spiro atoms. The Labute approximate surface area is 233 Å². The van der Waals surface area contributed by atoms with Crippen molar-refractivity contribution in [3.05, 3.63) is 83.0 Å². The van der Waals surface area contributed by atoms with Crippen molar-refractivity contribution >= 4 is 39.2 Å². The van der Waals surface area contributed by atoms with E-state index in [0.717, 1.165) is 10.0 Å². The van der Waals surface area contributed by atoms with Crippen molar-refractivity contribution in [2.24, 2.45) is 4.99 Å². The van der Waals surface area contributed by atoms with Crippen LogP contribution in [0.5, 0.6) is 17.2 Å². The fourth-order valence-corrected chi connectivity index (χ4v) is 6.15. The summed E-state index contributed by atoms with van der Waals surface area (Å²) in [6.45, 7) is 6.74. The third kappa shape index (κ3) is 5.02. The lowest BCUT2D eigenvalue weighted by Gasteiger charge is -2.30. The normalized spacial score (nSPS) is 15.1. The van der Waals surface area contributed by atoms with E-state index in [4.69, 9.17) is 19.2 Å². The van der Waals surface area contributed by atoms with Crippen molar-refractivity contribution in [1.29, 1.82) is 0 Å². The number of halogens is 1. The van der Waals surface area contributed by atoms with Crippen molar-refractivity contribution in [3.8, 4) is 17.2 Å². The number of carbonyl (C=O) groups excluding carboxylic acids is 1. The number of allylic oxidation sites excluding steroid dienone is 1. The summed E-state index contributed by atoms with van der Waals surface area (Å²) in [5, 5.41) is 0. The number of methoxy groups -OCH3 is 3. The van der Waals surface area contributed by atoms with E-state index in [2.05, 4.69) is 15.9 Å². The zero-order valence-corrected chi connectivity index (χ0v) is 24.6. The minimum atomic E-state index is -0.742. The van der Waals surface area contributed by atoms with E-state index in [1.165, 1.54) is 11.3 Å². The molecule has 38 heavy (non-hydrogen) atoms. The second-order valence-corrected chi connectivity index (χ2v) is 10.4. The Bertz CT molecular complexity index is 1590. The summed E-state index contributed by atoms with van der Waals surface area (Å²) in [5.74, 6) is 1.67. The SMILES string of the molecule is CCN(CC)C(=O)C1=C(C)N=c2s/c(=C/c3ccc(OC)c(Br)c3)c(=O)n2[C@@H]1c1cc(OC)ccc1OC. The molecule has 0 radical (unpaired) electrons. The highest BCUT2D eigenvalue weighted by atomic mass is 79.9. The number of likely N-dealkylation sites (N-methyl/N-ethyl adjacent to an activating group) is 1. The third-order valence-electron chi connectivity index (χ3n) is 6.51. The number of carbonyl (C=O) groups is 1. The van der Waals surface area contributed by atoms with Crippen molar-refractivity contribution in [2.45, 2.75) is 26.8 Å². The smallest absolute Gasteiger partial charge is 0.271 e. The zero-order valence-electron chi connectivity index (χ0n) is 22.2. The molecule has 1 aliphatic rings. The van der Waals surface area contributed by atoms with Crippen LogP contribution in [0.25, 0.3) is 6.08 Å². The van der Waals surface area contributed by atoms with Crippen molar-refractivity contribution in [1.82, 2.24) is 9.47 Å². The summed E-state index contributed by atoms with van der Waals surface area (Å²) in [6, 6.07) is 10.3. The lowest BCUT2D eigenvalue weighted by Crippen LogP contribution is -2.43. The Morgan fingerprint density at radius 3 is 2.37 bits per heavy atom. The Morgan fingerprint density at radius 1 is 1.08 bits per heavy atom. The van der Waals surface area contributed by atoms with Gasteiger partial charge < -0.3 is 19.1 Å². The van der Waals surface area contributed by atoms with E-state index in [-0.39, 0.29) is 11.5 Å². The molecular formula is C28H30BrN3O5S. The standard InChI is InChI=1S/C28H30BrN3O5S/c1-7-31(8-2)27(34)24-16(3)30-28-32(25(24)19-15-18(35-4)10-12-21(19)36-5)26(33)23(38-28)14-17-9-11-22(37-6)20(29)13-17/h9-15,25H,7-8H2,1-6H3/b23-14+/t25-/m1/s1. The van der Waals surface area contributed by atoms with Gasteiger partial charge in [0, 0.05) is 18.7 Å². The number of amides is 1. The Kier molecular flexibility index (Phi) is 8.42. The zero-order chi connectivity index (χ0) is 27.6. The van der Waals surface area contributed by atoms with E-state index < -0.39 is 6.04 Å². The molecule has 0 saturated carbocycles. The molecule has 1 aliphatic heterocycles. The quantitative estimate of drug-likeness (QED) is 0.392. The molecule has 0 unspecified atom stereocenters. The van der Waals surface area contributed by atoms with Gasteiger partial charge in [0.15, 0.2) is 4.80 Å². The Morgan fingerprint density at radius 2 is 1.76 bits per heavy atom. The van der Waals surface area contributed by atoms with Crippen LogP contribution in [0.15, 0.2) is 61.9 Å². The molecule has 3 aromatic rings. The highest BCUT2D eigenvalue weighted by Crippen LogP contribution is 2.38.